The van der Waals surface area contributed by atoms with Crippen molar-refractivity contribution in [3.63, 3.8) is 0 Å². The van der Waals surface area contributed by atoms with Gasteiger partial charge in [0.05, 0.1) is 18.9 Å². The molecule has 0 bridgehead atoms. The second kappa shape index (κ2) is 8.94. The summed E-state index contributed by atoms with van der Waals surface area (Å²) in [5.41, 5.74) is 0. The van der Waals surface area contributed by atoms with E-state index in [2.05, 4.69) is 5.32 Å². The van der Waals surface area contributed by atoms with Gasteiger partial charge in [-0.25, -0.2) is 4.39 Å². The number of ether oxygens (including phenoxy) is 1. The van der Waals surface area contributed by atoms with Gasteiger partial charge in [-0.05, 0) is 25.0 Å². The lowest BCUT2D eigenvalue weighted by Crippen LogP contribution is -2.26. The summed E-state index contributed by atoms with van der Waals surface area (Å²) in [7, 11) is 0. The number of halogens is 1. The molecule has 1 rings (SSSR count). The zero-order valence-corrected chi connectivity index (χ0v) is 12.0. The van der Waals surface area contributed by atoms with Crippen LogP contribution in [-0.4, -0.2) is 30.1 Å². The Kier molecular flexibility index (Phi) is 7.21. The van der Waals surface area contributed by atoms with E-state index in [-0.39, 0.29) is 24.8 Å². The van der Waals surface area contributed by atoms with E-state index in [9.17, 15) is 14.0 Å². The van der Waals surface area contributed by atoms with Crippen LogP contribution in [0.15, 0.2) is 24.3 Å². The summed E-state index contributed by atoms with van der Waals surface area (Å²) in [5.74, 6) is -1.40. The standard InChI is InChI=1S/C15H20FNO4/c1-11(15(19)20)4-3-8-17-14(18)7-9-21-13-6-2-5-12(16)10-13/h2,5-6,10-11H,3-4,7-9H2,1H3,(H,17,18)(H,19,20). The largest absolute Gasteiger partial charge is 0.493 e. The van der Waals surface area contributed by atoms with E-state index < -0.39 is 11.9 Å². The molecule has 0 heterocycles. The topological polar surface area (TPSA) is 75.6 Å². The molecule has 2 N–H and O–H groups in total. The average Bonchev–Trinajstić information content (AvgIpc) is 2.43. The molecule has 1 aromatic rings. The highest BCUT2D eigenvalue weighted by atomic mass is 19.1. The third-order valence-electron chi connectivity index (χ3n) is 2.95. The van der Waals surface area contributed by atoms with E-state index in [1.807, 2.05) is 0 Å². The van der Waals surface area contributed by atoms with Crippen molar-refractivity contribution in [1.29, 1.82) is 0 Å². The summed E-state index contributed by atoms with van der Waals surface area (Å²) in [5, 5.41) is 11.4. The monoisotopic (exact) mass is 297 g/mol. The normalized spacial score (nSPS) is 11.7. The number of carboxylic acids is 1. The number of rotatable bonds is 9. The van der Waals surface area contributed by atoms with Crippen LogP contribution >= 0.6 is 0 Å². The number of hydrogen-bond donors (Lipinski definition) is 2. The molecule has 0 aliphatic carbocycles. The fourth-order valence-corrected chi connectivity index (χ4v) is 1.67. The molecule has 5 nitrogen and oxygen atoms in total. The maximum absolute atomic E-state index is 12.9. The highest BCUT2D eigenvalue weighted by Crippen LogP contribution is 2.11. The van der Waals surface area contributed by atoms with Crippen LogP contribution in [0.3, 0.4) is 0 Å². The summed E-state index contributed by atoms with van der Waals surface area (Å²) >= 11 is 0. The zero-order chi connectivity index (χ0) is 15.7. The van der Waals surface area contributed by atoms with Gasteiger partial charge >= 0.3 is 5.97 Å². The van der Waals surface area contributed by atoms with E-state index >= 15 is 0 Å². The first-order chi connectivity index (χ1) is 9.99. The van der Waals surface area contributed by atoms with Gasteiger partial charge in [0, 0.05) is 12.6 Å². The highest BCUT2D eigenvalue weighted by molar-refractivity contribution is 5.76. The molecule has 116 valence electrons. The summed E-state index contributed by atoms with van der Waals surface area (Å²) < 4.78 is 18.1. The van der Waals surface area contributed by atoms with Crippen LogP contribution in [0.1, 0.15) is 26.2 Å². The highest BCUT2D eigenvalue weighted by Gasteiger charge is 2.10. The van der Waals surface area contributed by atoms with Gasteiger partial charge < -0.3 is 15.2 Å². The first kappa shape index (κ1) is 16.9. The second-order valence-corrected chi connectivity index (χ2v) is 4.79. The smallest absolute Gasteiger partial charge is 0.306 e. The molecule has 0 radical (unpaired) electrons. The molecule has 0 aliphatic heterocycles. The van der Waals surface area contributed by atoms with Crippen LogP contribution in [0.2, 0.25) is 0 Å². The predicted octanol–water partition coefficient (Wildman–Crippen LogP) is 2.21. The number of carboxylic acid groups (broad SMARTS) is 1. The van der Waals surface area contributed by atoms with E-state index in [1.54, 1.807) is 13.0 Å². The average molecular weight is 297 g/mol. The van der Waals surface area contributed by atoms with Crippen LogP contribution in [0.5, 0.6) is 5.75 Å². The molecule has 1 unspecified atom stereocenters. The van der Waals surface area contributed by atoms with Crippen LogP contribution < -0.4 is 10.1 Å². The maximum atomic E-state index is 12.9. The number of aliphatic carboxylic acids is 1. The fraction of sp³-hybridized carbons (Fsp3) is 0.467. The summed E-state index contributed by atoms with van der Waals surface area (Å²) in [6.45, 7) is 2.24. The first-order valence-corrected chi connectivity index (χ1v) is 6.87. The SMILES string of the molecule is CC(CCCNC(=O)CCOc1cccc(F)c1)C(=O)O. The van der Waals surface area contributed by atoms with Gasteiger partial charge in [-0.2, -0.15) is 0 Å². The number of hydrogen-bond acceptors (Lipinski definition) is 3. The Morgan fingerprint density at radius 3 is 2.86 bits per heavy atom. The number of carbonyl (C=O) groups excluding carboxylic acids is 1. The van der Waals surface area contributed by atoms with E-state index in [4.69, 9.17) is 9.84 Å². The van der Waals surface area contributed by atoms with Gasteiger partial charge in [0.15, 0.2) is 0 Å². The Hall–Kier alpha value is -2.11. The van der Waals surface area contributed by atoms with Crippen LogP contribution in [0, 0.1) is 11.7 Å². The van der Waals surface area contributed by atoms with Crippen molar-refractivity contribution in [3.8, 4) is 5.75 Å². The molecular weight excluding hydrogens is 277 g/mol. The van der Waals surface area contributed by atoms with Crippen molar-refractivity contribution in [3.05, 3.63) is 30.1 Å². The third-order valence-corrected chi connectivity index (χ3v) is 2.95. The van der Waals surface area contributed by atoms with Crippen molar-refractivity contribution in [2.45, 2.75) is 26.2 Å². The van der Waals surface area contributed by atoms with Crippen molar-refractivity contribution < 1.29 is 23.8 Å². The third kappa shape index (κ3) is 7.29. The molecule has 0 saturated carbocycles. The first-order valence-electron chi connectivity index (χ1n) is 6.87. The minimum atomic E-state index is -0.829. The molecule has 6 heteroatoms. The fourth-order valence-electron chi connectivity index (χ4n) is 1.67. The molecule has 0 saturated heterocycles. The van der Waals surface area contributed by atoms with E-state index in [0.717, 1.165) is 0 Å². The molecular formula is C15H20FNO4. The number of nitrogens with one attached hydrogen (secondary N) is 1. The minimum absolute atomic E-state index is 0.167. The molecule has 1 amide bonds. The lowest BCUT2D eigenvalue weighted by molar-refractivity contribution is -0.141. The van der Waals surface area contributed by atoms with Crippen LogP contribution in [0.25, 0.3) is 0 Å². The van der Waals surface area contributed by atoms with Crippen molar-refractivity contribution in [2.24, 2.45) is 5.92 Å². The van der Waals surface area contributed by atoms with Gasteiger partial charge in [-0.3, -0.25) is 9.59 Å². The zero-order valence-electron chi connectivity index (χ0n) is 12.0. The molecule has 1 atom stereocenters. The van der Waals surface area contributed by atoms with Gasteiger partial charge in [-0.15, -0.1) is 0 Å². The second-order valence-electron chi connectivity index (χ2n) is 4.79. The van der Waals surface area contributed by atoms with E-state index in [0.29, 0.717) is 25.1 Å². The van der Waals surface area contributed by atoms with Gasteiger partial charge in [-0.1, -0.05) is 13.0 Å². The molecule has 0 spiro atoms. The summed E-state index contributed by atoms with van der Waals surface area (Å²) in [6.07, 6.45) is 1.31. The summed E-state index contributed by atoms with van der Waals surface area (Å²) in [6, 6.07) is 5.73. The summed E-state index contributed by atoms with van der Waals surface area (Å²) in [4.78, 5) is 22.1. The lowest BCUT2D eigenvalue weighted by Gasteiger charge is -2.08. The van der Waals surface area contributed by atoms with Crippen molar-refractivity contribution in [2.75, 3.05) is 13.2 Å². The Bertz CT molecular complexity index is 478. The number of amides is 1. The molecule has 0 aliphatic rings. The molecule has 1 aromatic carbocycles. The quantitative estimate of drug-likeness (QED) is 0.685. The molecule has 21 heavy (non-hydrogen) atoms. The van der Waals surface area contributed by atoms with Crippen molar-refractivity contribution >= 4 is 11.9 Å². The minimum Gasteiger partial charge on any atom is -0.493 e. The molecule has 0 fully saturated rings. The van der Waals surface area contributed by atoms with Gasteiger partial charge in [0.2, 0.25) is 5.91 Å². The number of benzene rings is 1. The lowest BCUT2D eigenvalue weighted by atomic mass is 10.1. The van der Waals surface area contributed by atoms with Crippen LogP contribution in [-0.2, 0) is 9.59 Å². The Morgan fingerprint density at radius 1 is 1.43 bits per heavy atom. The maximum Gasteiger partial charge on any atom is 0.306 e. The van der Waals surface area contributed by atoms with E-state index in [1.165, 1.54) is 18.2 Å². The predicted molar refractivity (Wildman–Crippen MR) is 75.6 cm³/mol. The van der Waals surface area contributed by atoms with Crippen LogP contribution in [0.4, 0.5) is 4.39 Å². The molecule has 0 aromatic heterocycles. The Labute approximate surface area is 123 Å². The van der Waals surface area contributed by atoms with Gasteiger partial charge in [0.1, 0.15) is 11.6 Å². The Balaban J connectivity index is 2.10. The number of carbonyl (C=O) groups is 2. The Morgan fingerprint density at radius 2 is 2.19 bits per heavy atom. The van der Waals surface area contributed by atoms with Crippen molar-refractivity contribution in [1.82, 2.24) is 5.32 Å². The van der Waals surface area contributed by atoms with Gasteiger partial charge in [0.25, 0.3) is 0 Å².